The highest BCUT2D eigenvalue weighted by Gasteiger charge is 2.61. The summed E-state index contributed by atoms with van der Waals surface area (Å²) >= 11 is 1.59. The van der Waals surface area contributed by atoms with Crippen molar-refractivity contribution in [2.75, 3.05) is 25.4 Å². The summed E-state index contributed by atoms with van der Waals surface area (Å²) in [5.41, 5.74) is 1.23. The first-order valence-electron chi connectivity index (χ1n) is 12.1. The van der Waals surface area contributed by atoms with E-state index in [1.165, 1.54) is 24.6 Å². The number of carbonyl (C=O) groups excluding carboxylic acids is 1. The van der Waals surface area contributed by atoms with Crippen molar-refractivity contribution in [2.45, 2.75) is 37.2 Å². The summed E-state index contributed by atoms with van der Waals surface area (Å²) in [6.45, 7) is 4.52. The number of halogens is 3. The third kappa shape index (κ3) is 4.78. The maximum absolute atomic E-state index is 12.8. The van der Waals surface area contributed by atoms with Crippen molar-refractivity contribution >= 4 is 17.5 Å². The van der Waals surface area contributed by atoms with Gasteiger partial charge in [-0.2, -0.15) is 13.2 Å². The second-order valence-electron chi connectivity index (χ2n) is 10.0. The quantitative estimate of drug-likeness (QED) is 0.414. The molecule has 4 atom stereocenters. The highest BCUT2D eigenvalue weighted by molar-refractivity contribution is 7.99. The average molecular weight is 519 g/mol. The monoisotopic (exact) mass is 518 g/mol. The third-order valence-electron chi connectivity index (χ3n) is 7.62. The lowest BCUT2D eigenvalue weighted by Crippen LogP contribution is -2.30. The number of benzene rings is 1. The number of hydrogen-bond acceptors (Lipinski definition) is 6. The van der Waals surface area contributed by atoms with Gasteiger partial charge >= 0.3 is 6.18 Å². The number of aliphatic hydroxyl groups is 1. The number of aliphatic hydroxyl groups excluding tert-OH is 1. The molecule has 5 rings (SSSR count). The molecule has 0 spiro atoms. The molecule has 2 fully saturated rings. The van der Waals surface area contributed by atoms with Crippen molar-refractivity contribution in [1.82, 2.24) is 19.7 Å². The molecular weight excluding hydrogens is 489 g/mol. The molecule has 1 aromatic carbocycles. The van der Waals surface area contributed by atoms with Crippen LogP contribution in [0.2, 0.25) is 0 Å². The molecule has 0 radical (unpaired) electrons. The Kier molecular flexibility index (Phi) is 6.63. The molecule has 0 amide bonds. The highest BCUT2D eigenvalue weighted by Crippen LogP contribution is 2.63. The first kappa shape index (κ1) is 25.2. The Bertz CT molecular complexity index is 1210. The predicted molar refractivity (Wildman–Crippen MR) is 131 cm³/mol. The van der Waals surface area contributed by atoms with Gasteiger partial charge in [0.1, 0.15) is 5.78 Å². The fourth-order valence-electron chi connectivity index (χ4n) is 5.52. The number of nitrogens with zero attached hydrogens (tertiary/aromatic N) is 4. The Morgan fingerprint density at radius 1 is 1.25 bits per heavy atom. The zero-order valence-electron chi connectivity index (χ0n) is 20.2. The number of likely N-dealkylation sites (tertiary alicyclic amines) is 1. The van der Waals surface area contributed by atoms with Gasteiger partial charge in [0.15, 0.2) is 11.0 Å². The van der Waals surface area contributed by atoms with E-state index in [4.69, 9.17) is 0 Å². The first-order valence-corrected chi connectivity index (χ1v) is 13.1. The molecule has 3 unspecified atom stereocenters. The first-order chi connectivity index (χ1) is 17.1. The zero-order chi connectivity index (χ0) is 25.7. The molecule has 1 N–H and O–H groups in total. The molecule has 1 saturated carbocycles. The van der Waals surface area contributed by atoms with E-state index in [0.29, 0.717) is 17.3 Å². The molecule has 36 heavy (non-hydrogen) atoms. The second kappa shape index (κ2) is 9.46. The van der Waals surface area contributed by atoms with E-state index in [9.17, 15) is 23.1 Å². The number of aromatic nitrogens is 3. The van der Waals surface area contributed by atoms with E-state index in [1.54, 1.807) is 17.8 Å². The maximum atomic E-state index is 12.8. The zero-order valence-corrected chi connectivity index (χ0v) is 21.0. The van der Waals surface area contributed by atoms with Crippen molar-refractivity contribution in [3.05, 3.63) is 53.6 Å². The Labute approximate surface area is 212 Å². The lowest BCUT2D eigenvalue weighted by atomic mass is 9.83. The molecule has 3 aliphatic rings. The normalized spacial score (nSPS) is 27.7. The van der Waals surface area contributed by atoms with Crippen LogP contribution < -0.4 is 0 Å². The maximum Gasteiger partial charge on any atom is 0.416 e. The minimum atomic E-state index is -4.36. The Morgan fingerprint density at radius 2 is 2.00 bits per heavy atom. The van der Waals surface area contributed by atoms with Gasteiger partial charge < -0.3 is 14.6 Å². The number of Topliss-reactive ketones (excluding diaryl/α,β-unsaturated/α-hetero) is 1. The summed E-state index contributed by atoms with van der Waals surface area (Å²) in [6, 6.07) is 4.97. The van der Waals surface area contributed by atoms with Crippen molar-refractivity contribution in [3.63, 3.8) is 0 Å². The fraction of sp³-hybridized carbons (Fsp3) is 0.500. The molecule has 0 bridgehead atoms. The summed E-state index contributed by atoms with van der Waals surface area (Å²) in [4.78, 5) is 14.4. The highest BCUT2D eigenvalue weighted by atomic mass is 32.2. The minimum Gasteiger partial charge on any atom is -0.388 e. The van der Waals surface area contributed by atoms with Gasteiger partial charge in [-0.1, -0.05) is 42.1 Å². The summed E-state index contributed by atoms with van der Waals surface area (Å²) < 4.78 is 40.3. The summed E-state index contributed by atoms with van der Waals surface area (Å²) in [7, 11) is 1.82. The van der Waals surface area contributed by atoms with Crippen molar-refractivity contribution in [2.24, 2.45) is 24.3 Å². The van der Waals surface area contributed by atoms with Gasteiger partial charge in [-0.25, -0.2) is 0 Å². The summed E-state index contributed by atoms with van der Waals surface area (Å²) in [5, 5.41) is 19.2. The predicted octanol–water partition coefficient (Wildman–Crippen LogP) is 4.37. The molecule has 6 nitrogen and oxygen atoms in total. The third-order valence-corrected chi connectivity index (χ3v) is 8.72. The number of fused-ring (bicyclic) bond motifs is 1. The van der Waals surface area contributed by atoms with Gasteiger partial charge in [-0.05, 0) is 49.9 Å². The van der Waals surface area contributed by atoms with Gasteiger partial charge in [0.25, 0.3) is 0 Å². The van der Waals surface area contributed by atoms with Crippen LogP contribution in [-0.2, 0) is 18.0 Å². The van der Waals surface area contributed by atoms with Crippen LogP contribution >= 0.6 is 11.8 Å². The van der Waals surface area contributed by atoms with Crippen LogP contribution in [0.3, 0.4) is 0 Å². The Balaban J connectivity index is 1.12. The Morgan fingerprint density at radius 3 is 2.69 bits per heavy atom. The van der Waals surface area contributed by atoms with Crippen molar-refractivity contribution in [3.8, 4) is 11.4 Å². The van der Waals surface area contributed by atoms with Crippen LogP contribution in [0.5, 0.6) is 0 Å². The van der Waals surface area contributed by atoms with Crippen LogP contribution in [0, 0.1) is 17.3 Å². The topological polar surface area (TPSA) is 71.2 Å². The SMILES string of the molecule is CC(=O)C1C=C([C@@]23CC2CN(CCCSc2nnc(-c4ccc(C(F)(F)F)cc4)n2C)C3)C=CC1O. The smallest absolute Gasteiger partial charge is 0.388 e. The number of piperidine rings is 1. The van der Waals surface area contributed by atoms with E-state index in [2.05, 4.69) is 15.1 Å². The summed E-state index contributed by atoms with van der Waals surface area (Å²) in [5.74, 6) is 1.55. The van der Waals surface area contributed by atoms with E-state index < -0.39 is 23.8 Å². The van der Waals surface area contributed by atoms with Crippen LogP contribution in [0.25, 0.3) is 11.4 Å². The number of ketones is 1. The fourth-order valence-corrected chi connectivity index (χ4v) is 6.35. The standard InChI is InChI=1S/C26H29F3N4O2S/c1-16(34)21-12-19(8-9-22(21)35)25-13-20(25)14-33(15-25)10-3-11-36-24-31-30-23(32(24)2)17-4-6-18(7-5-17)26(27,28)29/h4-9,12,20-22,35H,3,10-11,13-15H2,1-2H3/t20?,21?,22?,25-/m0/s1. The summed E-state index contributed by atoms with van der Waals surface area (Å²) in [6.07, 6.45) is 2.76. The molecule has 192 valence electrons. The lowest BCUT2D eigenvalue weighted by Gasteiger charge is -2.26. The molecule has 1 saturated heterocycles. The van der Waals surface area contributed by atoms with Gasteiger partial charge in [0, 0.05) is 36.9 Å². The van der Waals surface area contributed by atoms with E-state index in [0.717, 1.165) is 55.5 Å². The van der Waals surface area contributed by atoms with Crippen molar-refractivity contribution in [1.29, 1.82) is 0 Å². The number of alkyl halides is 3. The molecule has 1 aliphatic heterocycles. The van der Waals surface area contributed by atoms with Crippen LogP contribution in [0.15, 0.2) is 53.2 Å². The molecule has 2 heterocycles. The number of carbonyl (C=O) groups is 1. The number of allylic oxidation sites excluding steroid dienone is 1. The second-order valence-corrected chi connectivity index (χ2v) is 11.1. The van der Waals surface area contributed by atoms with Gasteiger partial charge in [-0.15, -0.1) is 10.2 Å². The molecule has 1 aromatic heterocycles. The average Bonchev–Trinajstić information content (AvgIpc) is 3.21. The van der Waals surface area contributed by atoms with Gasteiger partial charge in [0.2, 0.25) is 0 Å². The Hall–Kier alpha value is -2.43. The number of hydrogen-bond donors (Lipinski definition) is 1. The van der Waals surface area contributed by atoms with Gasteiger partial charge in [-0.3, -0.25) is 4.79 Å². The largest absolute Gasteiger partial charge is 0.416 e. The number of rotatable bonds is 8. The molecular formula is C26H29F3N4O2S. The van der Waals surface area contributed by atoms with E-state index in [-0.39, 0.29) is 11.2 Å². The number of thioether (sulfide) groups is 1. The van der Waals surface area contributed by atoms with Gasteiger partial charge in [0.05, 0.1) is 17.6 Å². The molecule has 10 heteroatoms. The van der Waals surface area contributed by atoms with Crippen molar-refractivity contribution < 1.29 is 23.1 Å². The van der Waals surface area contributed by atoms with E-state index in [1.807, 2.05) is 23.8 Å². The minimum absolute atomic E-state index is 0.00455. The van der Waals surface area contributed by atoms with Crippen LogP contribution in [0.1, 0.15) is 25.3 Å². The van der Waals surface area contributed by atoms with E-state index >= 15 is 0 Å². The molecule has 2 aromatic rings. The molecule has 2 aliphatic carbocycles. The van der Waals surface area contributed by atoms with Crippen LogP contribution in [0.4, 0.5) is 13.2 Å². The van der Waals surface area contributed by atoms with Crippen LogP contribution in [-0.4, -0.2) is 62.0 Å². The lowest BCUT2D eigenvalue weighted by molar-refractivity contribution is -0.137.